The van der Waals surface area contributed by atoms with Gasteiger partial charge in [0.05, 0.1) is 0 Å². The summed E-state index contributed by atoms with van der Waals surface area (Å²) in [6.45, 7) is 6.90. The highest BCUT2D eigenvalue weighted by molar-refractivity contribution is 5.32. The number of aromatic nitrogens is 1. The predicted octanol–water partition coefficient (Wildman–Crippen LogP) is 3.90. The van der Waals surface area contributed by atoms with E-state index in [1.165, 1.54) is 38.5 Å². The van der Waals surface area contributed by atoms with Gasteiger partial charge in [0.25, 0.3) is 0 Å². The van der Waals surface area contributed by atoms with Crippen LogP contribution >= 0.6 is 0 Å². The molecule has 0 amide bonds. The third-order valence-electron chi connectivity index (χ3n) is 3.47. The van der Waals surface area contributed by atoms with Crippen molar-refractivity contribution in [3.8, 4) is 0 Å². The molecule has 1 aliphatic rings. The molecule has 1 aromatic rings. The van der Waals surface area contributed by atoms with Crippen molar-refractivity contribution in [1.29, 1.82) is 0 Å². The summed E-state index contributed by atoms with van der Waals surface area (Å²) in [6, 6.07) is 3.11. The van der Waals surface area contributed by atoms with E-state index in [-0.39, 0.29) is 0 Å². The first kappa shape index (κ1) is 10.8. The van der Waals surface area contributed by atoms with Gasteiger partial charge in [0.15, 0.2) is 0 Å². The molecule has 0 fully saturated rings. The maximum Gasteiger partial charge on any atom is 0.0279 e. The molecule has 15 heavy (non-hydrogen) atoms. The summed E-state index contributed by atoms with van der Waals surface area (Å²) >= 11 is 0. The van der Waals surface area contributed by atoms with Gasteiger partial charge in [-0.1, -0.05) is 13.3 Å². The molecule has 84 valence electrons. The molecule has 0 aliphatic heterocycles. The highest BCUT2D eigenvalue weighted by Gasteiger charge is 2.20. The fraction of sp³-hybridized carbons (Fsp3) is 0.714. The lowest BCUT2D eigenvalue weighted by molar-refractivity contribution is 0.546. The molecular weight excluding hydrogens is 182 g/mol. The summed E-state index contributed by atoms with van der Waals surface area (Å²) in [5.74, 6) is 0. The zero-order valence-corrected chi connectivity index (χ0v) is 10.3. The van der Waals surface area contributed by atoms with Gasteiger partial charge in [-0.15, -0.1) is 0 Å². The monoisotopic (exact) mass is 205 g/mol. The molecule has 0 bridgehead atoms. The number of aryl methyl sites for hydroxylation is 2. The summed E-state index contributed by atoms with van der Waals surface area (Å²) in [4.78, 5) is 0. The van der Waals surface area contributed by atoms with Crippen molar-refractivity contribution >= 4 is 0 Å². The van der Waals surface area contributed by atoms with Crippen LogP contribution in [0.5, 0.6) is 0 Å². The topological polar surface area (TPSA) is 4.93 Å². The third kappa shape index (κ3) is 1.97. The maximum absolute atomic E-state index is 2.60. The normalized spacial score (nSPS) is 14.9. The second-order valence-corrected chi connectivity index (χ2v) is 5.03. The highest BCUT2D eigenvalue weighted by atomic mass is 15.0. The van der Waals surface area contributed by atoms with Gasteiger partial charge in [-0.05, 0) is 57.6 Å². The Kier molecular flexibility index (Phi) is 3.18. The van der Waals surface area contributed by atoms with Crippen LogP contribution < -0.4 is 0 Å². The van der Waals surface area contributed by atoms with Gasteiger partial charge in [-0.2, -0.15) is 0 Å². The fourth-order valence-corrected chi connectivity index (χ4v) is 2.82. The number of hydrogen-bond donors (Lipinski definition) is 0. The van der Waals surface area contributed by atoms with E-state index in [2.05, 4.69) is 31.4 Å². The van der Waals surface area contributed by atoms with Crippen LogP contribution in [0.25, 0.3) is 0 Å². The minimum Gasteiger partial charge on any atom is -0.346 e. The van der Waals surface area contributed by atoms with Gasteiger partial charge >= 0.3 is 0 Å². The van der Waals surface area contributed by atoms with Crippen LogP contribution in [0.15, 0.2) is 6.07 Å². The van der Waals surface area contributed by atoms with Gasteiger partial charge in [-0.3, -0.25) is 0 Å². The Hall–Kier alpha value is -0.720. The van der Waals surface area contributed by atoms with E-state index in [9.17, 15) is 0 Å². The first-order valence-corrected chi connectivity index (χ1v) is 6.46. The minimum atomic E-state index is 0.638. The van der Waals surface area contributed by atoms with E-state index in [4.69, 9.17) is 0 Å². The Morgan fingerprint density at radius 2 is 2.13 bits per heavy atom. The molecule has 0 radical (unpaired) electrons. The van der Waals surface area contributed by atoms with Crippen molar-refractivity contribution in [2.45, 2.75) is 65.3 Å². The largest absolute Gasteiger partial charge is 0.346 e. The molecule has 1 heterocycles. The third-order valence-corrected chi connectivity index (χ3v) is 3.47. The summed E-state index contributed by atoms with van der Waals surface area (Å²) in [5.41, 5.74) is 4.85. The van der Waals surface area contributed by atoms with E-state index in [1.807, 2.05) is 0 Å². The number of fused-ring (bicyclic) bond motifs is 1. The average molecular weight is 205 g/mol. The molecule has 1 heteroatoms. The molecule has 2 rings (SSSR count). The molecule has 0 N–H and O–H groups in total. The number of hydrogen-bond acceptors (Lipinski definition) is 0. The van der Waals surface area contributed by atoms with Crippen molar-refractivity contribution < 1.29 is 0 Å². The fourth-order valence-electron chi connectivity index (χ4n) is 2.82. The summed E-state index contributed by atoms with van der Waals surface area (Å²) in [7, 11) is 0. The number of nitrogens with zero attached hydrogens (tertiary/aromatic N) is 1. The van der Waals surface area contributed by atoms with E-state index in [1.54, 1.807) is 17.0 Å². The molecule has 0 saturated carbocycles. The molecule has 0 saturated heterocycles. The summed E-state index contributed by atoms with van der Waals surface area (Å²) in [5, 5.41) is 0. The second kappa shape index (κ2) is 4.42. The van der Waals surface area contributed by atoms with Crippen LogP contribution in [0, 0.1) is 0 Å². The van der Waals surface area contributed by atoms with E-state index in [0.29, 0.717) is 6.04 Å². The van der Waals surface area contributed by atoms with Gasteiger partial charge in [0, 0.05) is 17.4 Å². The number of rotatable bonds is 4. The molecule has 0 spiro atoms. The Bertz CT molecular complexity index is 333. The lowest BCUT2D eigenvalue weighted by Gasteiger charge is -2.16. The highest BCUT2D eigenvalue weighted by Crippen LogP contribution is 2.29. The Labute approximate surface area is 93.5 Å². The zero-order chi connectivity index (χ0) is 10.8. The standard InChI is InChI=1S/C14H23N/c1-4-5-8-13-10-12-7-6-9-14(12)15(13)11(2)3/h10-11H,4-9H2,1-3H3. The molecular formula is C14H23N. The van der Waals surface area contributed by atoms with Crippen LogP contribution in [-0.4, -0.2) is 4.57 Å². The van der Waals surface area contributed by atoms with Crippen LogP contribution in [0.3, 0.4) is 0 Å². The van der Waals surface area contributed by atoms with Crippen LogP contribution in [0.4, 0.5) is 0 Å². The van der Waals surface area contributed by atoms with Crippen LogP contribution in [0.1, 0.15) is 63.0 Å². The molecule has 0 aromatic carbocycles. The van der Waals surface area contributed by atoms with E-state index in [0.717, 1.165) is 0 Å². The van der Waals surface area contributed by atoms with Crippen LogP contribution in [-0.2, 0) is 19.3 Å². The Balaban J connectivity index is 2.29. The predicted molar refractivity (Wildman–Crippen MR) is 65.5 cm³/mol. The molecule has 1 nitrogen and oxygen atoms in total. The maximum atomic E-state index is 2.60. The first-order chi connectivity index (χ1) is 7.24. The van der Waals surface area contributed by atoms with Crippen molar-refractivity contribution in [1.82, 2.24) is 4.57 Å². The SMILES string of the molecule is CCCCc1cc2c(n1C(C)C)CCC2. The summed E-state index contributed by atoms with van der Waals surface area (Å²) < 4.78 is 2.60. The van der Waals surface area contributed by atoms with Crippen LogP contribution in [0.2, 0.25) is 0 Å². The van der Waals surface area contributed by atoms with Gasteiger partial charge in [-0.25, -0.2) is 0 Å². The van der Waals surface area contributed by atoms with E-state index < -0.39 is 0 Å². The number of unbranched alkanes of at least 4 members (excludes halogenated alkanes) is 1. The van der Waals surface area contributed by atoms with Crippen molar-refractivity contribution in [2.75, 3.05) is 0 Å². The average Bonchev–Trinajstić information content (AvgIpc) is 2.72. The molecule has 1 aromatic heterocycles. The molecule has 1 aliphatic carbocycles. The zero-order valence-electron chi connectivity index (χ0n) is 10.3. The van der Waals surface area contributed by atoms with Gasteiger partial charge < -0.3 is 4.57 Å². The molecule has 0 atom stereocenters. The Morgan fingerprint density at radius 1 is 1.33 bits per heavy atom. The smallest absolute Gasteiger partial charge is 0.0279 e. The van der Waals surface area contributed by atoms with E-state index >= 15 is 0 Å². The Morgan fingerprint density at radius 3 is 2.80 bits per heavy atom. The van der Waals surface area contributed by atoms with Crippen molar-refractivity contribution in [3.63, 3.8) is 0 Å². The molecule has 0 unspecified atom stereocenters. The van der Waals surface area contributed by atoms with Crippen molar-refractivity contribution in [3.05, 3.63) is 23.0 Å². The first-order valence-electron chi connectivity index (χ1n) is 6.46. The van der Waals surface area contributed by atoms with Gasteiger partial charge in [0.2, 0.25) is 0 Å². The lowest BCUT2D eigenvalue weighted by Crippen LogP contribution is -2.08. The quantitative estimate of drug-likeness (QED) is 0.702. The lowest BCUT2D eigenvalue weighted by atomic mass is 10.1. The summed E-state index contributed by atoms with van der Waals surface area (Å²) in [6.07, 6.45) is 7.88. The van der Waals surface area contributed by atoms with Gasteiger partial charge in [0.1, 0.15) is 0 Å². The van der Waals surface area contributed by atoms with Crippen molar-refractivity contribution in [2.24, 2.45) is 0 Å². The second-order valence-electron chi connectivity index (χ2n) is 5.03. The minimum absolute atomic E-state index is 0.638.